The maximum Gasteiger partial charge on any atom is 0.335 e. The van der Waals surface area contributed by atoms with E-state index in [2.05, 4.69) is 21.2 Å². The summed E-state index contributed by atoms with van der Waals surface area (Å²) in [6.07, 6.45) is 0. The molecule has 20 heavy (non-hydrogen) atoms. The molecule has 0 spiro atoms. The first kappa shape index (κ1) is 14.0. The molecule has 4 nitrogen and oxygen atoms in total. The highest BCUT2D eigenvalue weighted by atomic mass is 79.9. The fraction of sp³-hybridized carbons (Fsp3) is 0. The van der Waals surface area contributed by atoms with E-state index < -0.39 is 11.8 Å². The topological polar surface area (TPSA) is 73.1 Å². The van der Waals surface area contributed by atoms with Crippen LogP contribution in [0.4, 0.5) is 15.8 Å². The van der Waals surface area contributed by atoms with Crippen LogP contribution in [-0.4, -0.2) is 11.1 Å². The molecule has 0 aromatic heterocycles. The van der Waals surface area contributed by atoms with Crippen molar-refractivity contribution < 1.29 is 14.3 Å². The van der Waals surface area contributed by atoms with Crippen LogP contribution in [0, 0.1) is 17.1 Å². The Morgan fingerprint density at radius 2 is 2.00 bits per heavy atom. The summed E-state index contributed by atoms with van der Waals surface area (Å²) in [5.41, 5.74) is 0.756. The number of aromatic carboxylic acids is 1. The van der Waals surface area contributed by atoms with Gasteiger partial charge in [-0.3, -0.25) is 0 Å². The summed E-state index contributed by atoms with van der Waals surface area (Å²) < 4.78 is 14.5. The first-order chi connectivity index (χ1) is 9.51. The maximum absolute atomic E-state index is 13.8. The Balaban J connectivity index is 2.38. The zero-order valence-corrected chi connectivity index (χ0v) is 11.6. The van der Waals surface area contributed by atoms with E-state index in [1.807, 2.05) is 6.07 Å². The van der Waals surface area contributed by atoms with E-state index in [0.29, 0.717) is 11.3 Å². The normalized spacial score (nSPS) is 9.85. The van der Waals surface area contributed by atoms with E-state index in [1.165, 1.54) is 12.1 Å². The van der Waals surface area contributed by atoms with Crippen LogP contribution in [0.5, 0.6) is 0 Å². The molecule has 0 amide bonds. The third-order valence-corrected chi connectivity index (χ3v) is 3.08. The van der Waals surface area contributed by atoms with E-state index in [9.17, 15) is 9.18 Å². The summed E-state index contributed by atoms with van der Waals surface area (Å²) in [6.45, 7) is 0. The van der Waals surface area contributed by atoms with Gasteiger partial charge in [-0.15, -0.1) is 0 Å². The second kappa shape index (κ2) is 5.72. The van der Waals surface area contributed by atoms with E-state index in [0.717, 1.165) is 10.5 Å². The Morgan fingerprint density at radius 1 is 1.25 bits per heavy atom. The van der Waals surface area contributed by atoms with Crippen LogP contribution in [0.2, 0.25) is 0 Å². The average molecular weight is 335 g/mol. The number of halogens is 2. The molecule has 0 aliphatic carbocycles. The number of nitrogens with zero attached hydrogens (tertiary/aromatic N) is 1. The number of anilines is 2. The number of carbonyl (C=O) groups is 1. The Kier molecular flexibility index (Phi) is 4.01. The highest BCUT2D eigenvalue weighted by molar-refractivity contribution is 9.10. The zero-order valence-electron chi connectivity index (χ0n) is 10.0. The first-order valence-electron chi connectivity index (χ1n) is 5.51. The van der Waals surface area contributed by atoms with Crippen molar-refractivity contribution in [1.29, 1.82) is 5.26 Å². The molecule has 0 heterocycles. The Labute approximate surface area is 122 Å². The number of hydrogen-bond acceptors (Lipinski definition) is 3. The van der Waals surface area contributed by atoms with Crippen LogP contribution in [0.1, 0.15) is 15.9 Å². The lowest BCUT2D eigenvalue weighted by Gasteiger charge is -2.10. The third-order valence-electron chi connectivity index (χ3n) is 2.59. The van der Waals surface area contributed by atoms with Crippen molar-refractivity contribution in [2.75, 3.05) is 5.32 Å². The summed E-state index contributed by atoms with van der Waals surface area (Å²) in [4.78, 5) is 10.7. The molecule has 0 aliphatic heterocycles. The zero-order chi connectivity index (χ0) is 14.7. The molecule has 2 aromatic carbocycles. The molecular weight excluding hydrogens is 327 g/mol. The lowest BCUT2D eigenvalue weighted by atomic mass is 10.1. The summed E-state index contributed by atoms with van der Waals surface area (Å²) in [6, 6.07) is 10.5. The van der Waals surface area contributed by atoms with Gasteiger partial charge in [0.2, 0.25) is 0 Å². The van der Waals surface area contributed by atoms with Crippen molar-refractivity contribution in [3.8, 4) is 6.07 Å². The van der Waals surface area contributed by atoms with E-state index >= 15 is 0 Å². The monoisotopic (exact) mass is 334 g/mol. The van der Waals surface area contributed by atoms with Crippen molar-refractivity contribution in [1.82, 2.24) is 0 Å². The van der Waals surface area contributed by atoms with Gasteiger partial charge in [0.15, 0.2) is 0 Å². The van der Waals surface area contributed by atoms with Crippen molar-refractivity contribution in [2.24, 2.45) is 0 Å². The first-order valence-corrected chi connectivity index (χ1v) is 6.30. The van der Waals surface area contributed by atoms with Gasteiger partial charge in [-0.25, -0.2) is 9.18 Å². The minimum absolute atomic E-state index is 0.101. The number of benzene rings is 2. The summed E-state index contributed by atoms with van der Waals surface area (Å²) in [5.74, 6) is -1.90. The van der Waals surface area contributed by atoms with Crippen LogP contribution < -0.4 is 5.32 Å². The summed E-state index contributed by atoms with van der Waals surface area (Å²) >= 11 is 3.27. The number of nitriles is 1. The number of carboxylic acids is 1. The molecule has 0 unspecified atom stereocenters. The largest absolute Gasteiger partial charge is 0.478 e. The summed E-state index contributed by atoms with van der Waals surface area (Å²) in [5, 5.41) is 20.5. The van der Waals surface area contributed by atoms with E-state index in [4.69, 9.17) is 10.4 Å². The van der Waals surface area contributed by atoms with Gasteiger partial charge in [-0.05, 0) is 36.4 Å². The lowest BCUT2D eigenvalue weighted by Crippen LogP contribution is -2.00. The molecule has 0 bridgehead atoms. The van der Waals surface area contributed by atoms with Gasteiger partial charge in [0.05, 0.1) is 22.5 Å². The fourth-order valence-electron chi connectivity index (χ4n) is 1.61. The second-order valence-electron chi connectivity index (χ2n) is 3.93. The van der Waals surface area contributed by atoms with Gasteiger partial charge in [0.1, 0.15) is 11.9 Å². The molecule has 0 atom stereocenters. The third kappa shape index (κ3) is 2.95. The number of nitrogens with one attached hydrogen (secondary N) is 1. The van der Waals surface area contributed by atoms with Gasteiger partial charge in [0, 0.05) is 4.47 Å². The average Bonchev–Trinajstić information content (AvgIpc) is 2.41. The van der Waals surface area contributed by atoms with Crippen molar-refractivity contribution >= 4 is 33.3 Å². The summed E-state index contributed by atoms with van der Waals surface area (Å²) in [7, 11) is 0. The molecule has 0 fully saturated rings. The highest BCUT2D eigenvalue weighted by Crippen LogP contribution is 2.26. The molecule has 0 saturated heterocycles. The Morgan fingerprint density at radius 3 is 2.60 bits per heavy atom. The van der Waals surface area contributed by atoms with Crippen LogP contribution >= 0.6 is 15.9 Å². The second-order valence-corrected chi connectivity index (χ2v) is 4.84. The Hall–Kier alpha value is -2.39. The quantitative estimate of drug-likeness (QED) is 0.892. The van der Waals surface area contributed by atoms with E-state index in [1.54, 1.807) is 18.2 Å². The molecule has 0 radical (unpaired) electrons. The number of carboxylic acid groups (broad SMARTS) is 1. The number of rotatable bonds is 3. The van der Waals surface area contributed by atoms with Gasteiger partial charge in [-0.2, -0.15) is 5.26 Å². The molecule has 100 valence electrons. The molecule has 6 heteroatoms. The van der Waals surface area contributed by atoms with Gasteiger partial charge >= 0.3 is 5.97 Å². The van der Waals surface area contributed by atoms with Crippen molar-refractivity contribution in [3.05, 3.63) is 57.8 Å². The maximum atomic E-state index is 13.8. The smallest absolute Gasteiger partial charge is 0.335 e. The van der Waals surface area contributed by atoms with Gasteiger partial charge < -0.3 is 10.4 Å². The molecule has 2 N–H and O–H groups in total. The van der Waals surface area contributed by atoms with Crippen molar-refractivity contribution in [2.45, 2.75) is 0 Å². The Bertz CT molecular complexity index is 726. The lowest BCUT2D eigenvalue weighted by molar-refractivity contribution is 0.0696. The van der Waals surface area contributed by atoms with Crippen LogP contribution in [0.3, 0.4) is 0 Å². The molecule has 2 rings (SSSR count). The minimum Gasteiger partial charge on any atom is -0.478 e. The minimum atomic E-state index is -1.20. The van der Waals surface area contributed by atoms with Crippen LogP contribution in [0.15, 0.2) is 40.9 Å². The molecule has 0 aliphatic rings. The molecular formula is C14H8BrFN2O2. The fourth-order valence-corrected chi connectivity index (χ4v) is 1.97. The van der Waals surface area contributed by atoms with Gasteiger partial charge in [-0.1, -0.05) is 15.9 Å². The van der Waals surface area contributed by atoms with Gasteiger partial charge in [0.25, 0.3) is 0 Å². The molecule has 0 saturated carbocycles. The molecule has 2 aromatic rings. The van der Waals surface area contributed by atoms with E-state index in [-0.39, 0.29) is 11.3 Å². The SMILES string of the molecule is N#Cc1ccc(Br)cc1Nc1ccc(C(=O)O)cc1F. The predicted octanol–water partition coefficient (Wildman–Crippen LogP) is 3.90. The van der Waals surface area contributed by atoms with Crippen LogP contribution in [0.25, 0.3) is 0 Å². The number of hydrogen-bond donors (Lipinski definition) is 2. The van der Waals surface area contributed by atoms with Crippen LogP contribution in [-0.2, 0) is 0 Å². The predicted molar refractivity (Wildman–Crippen MR) is 75.5 cm³/mol. The standard InChI is InChI=1S/C14H8BrFN2O2/c15-10-3-1-9(7-17)13(6-10)18-12-4-2-8(14(19)20)5-11(12)16/h1-6,18H,(H,19,20). The highest BCUT2D eigenvalue weighted by Gasteiger charge is 2.10. The van der Waals surface area contributed by atoms with Crippen molar-refractivity contribution in [3.63, 3.8) is 0 Å².